The lowest BCUT2D eigenvalue weighted by Gasteiger charge is -2.02. The first-order valence-corrected chi connectivity index (χ1v) is 6.59. The molecule has 0 aliphatic heterocycles. The number of hydrogen-bond acceptors (Lipinski definition) is 4. The van der Waals surface area contributed by atoms with E-state index in [1.807, 2.05) is 0 Å². The van der Waals surface area contributed by atoms with Crippen LogP contribution in [-0.2, 0) is 6.61 Å². The third kappa shape index (κ3) is 3.11. The number of aromatic nitrogens is 2. The molecular formula is C16H12F2N2O2. The van der Waals surface area contributed by atoms with Crippen LogP contribution >= 0.6 is 0 Å². The van der Waals surface area contributed by atoms with Gasteiger partial charge in [0.05, 0.1) is 0 Å². The Bertz CT molecular complexity index is 802. The maximum atomic E-state index is 13.5. The summed E-state index contributed by atoms with van der Waals surface area (Å²) in [6.07, 6.45) is 0. The molecule has 1 aromatic heterocycles. The molecule has 0 N–H and O–H groups in total. The zero-order valence-electron chi connectivity index (χ0n) is 11.7. The monoisotopic (exact) mass is 302 g/mol. The zero-order chi connectivity index (χ0) is 15.5. The van der Waals surface area contributed by atoms with Crippen LogP contribution in [0.15, 0.2) is 47.0 Å². The Morgan fingerprint density at radius 1 is 1.14 bits per heavy atom. The fourth-order valence-electron chi connectivity index (χ4n) is 1.86. The Hall–Kier alpha value is -2.76. The summed E-state index contributed by atoms with van der Waals surface area (Å²) in [6, 6.07) is 10.4. The quantitative estimate of drug-likeness (QED) is 0.733. The highest BCUT2D eigenvalue weighted by molar-refractivity contribution is 5.54. The smallest absolute Gasteiger partial charge is 0.264 e. The minimum atomic E-state index is -0.390. The third-order valence-corrected chi connectivity index (χ3v) is 3.06. The van der Waals surface area contributed by atoms with Gasteiger partial charge in [0.2, 0.25) is 5.82 Å². The Morgan fingerprint density at radius 2 is 2.00 bits per heavy atom. The Labute approximate surface area is 125 Å². The molecule has 6 heteroatoms. The van der Waals surface area contributed by atoms with Crippen molar-refractivity contribution in [1.29, 1.82) is 0 Å². The van der Waals surface area contributed by atoms with Crippen molar-refractivity contribution < 1.29 is 18.0 Å². The van der Waals surface area contributed by atoms with E-state index in [-0.39, 0.29) is 30.0 Å². The summed E-state index contributed by atoms with van der Waals surface area (Å²) in [7, 11) is 0. The van der Waals surface area contributed by atoms with Crippen LogP contribution in [0.1, 0.15) is 11.5 Å². The van der Waals surface area contributed by atoms with E-state index < -0.39 is 0 Å². The molecule has 112 valence electrons. The topological polar surface area (TPSA) is 48.2 Å². The minimum Gasteiger partial charge on any atom is -0.484 e. The molecule has 3 rings (SSSR count). The molecule has 0 bridgehead atoms. The third-order valence-electron chi connectivity index (χ3n) is 3.06. The largest absolute Gasteiger partial charge is 0.484 e. The highest BCUT2D eigenvalue weighted by Crippen LogP contribution is 2.20. The van der Waals surface area contributed by atoms with Crippen LogP contribution in [0.5, 0.6) is 5.75 Å². The molecule has 0 saturated carbocycles. The normalized spacial score (nSPS) is 10.7. The molecule has 4 nitrogen and oxygen atoms in total. The number of hydrogen-bond donors (Lipinski definition) is 0. The first-order chi connectivity index (χ1) is 10.6. The second-order valence-corrected chi connectivity index (χ2v) is 4.72. The summed E-state index contributed by atoms with van der Waals surface area (Å²) in [5.74, 6) is 0.136. The SMILES string of the molecule is Cc1ccc(-c2noc(COc3cccc(F)c3)n2)cc1F. The van der Waals surface area contributed by atoms with E-state index in [0.29, 0.717) is 16.9 Å². The molecule has 0 saturated heterocycles. The molecule has 1 heterocycles. The number of aryl methyl sites for hydroxylation is 1. The molecule has 0 spiro atoms. The predicted molar refractivity (Wildman–Crippen MR) is 75.2 cm³/mol. The molecule has 0 aliphatic rings. The van der Waals surface area contributed by atoms with Crippen molar-refractivity contribution >= 4 is 0 Å². The van der Waals surface area contributed by atoms with Gasteiger partial charge in [-0.3, -0.25) is 0 Å². The van der Waals surface area contributed by atoms with Gasteiger partial charge in [-0.05, 0) is 30.7 Å². The van der Waals surface area contributed by atoms with E-state index in [1.54, 1.807) is 31.2 Å². The van der Waals surface area contributed by atoms with Crippen LogP contribution in [-0.4, -0.2) is 10.1 Å². The summed E-state index contributed by atoms with van der Waals surface area (Å²) >= 11 is 0. The maximum absolute atomic E-state index is 13.5. The van der Waals surface area contributed by atoms with Gasteiger partial charge in [-0.1, -0.05) is 23.4 Å². The van der Waals surface area contributed by atoms with Gasteiger partial charge >= 0.3 is 0 Å². The molecule has 0 radical (unpaired) electrons. The standard InChI is InChI=1S/C16H12F2N2O2/c1-10-5-6-11(7-14(10)18)16-19-15(22-20-16)9-21-13-4-2-3-12(17)8-13/h2-8H,9H2,1H3. The molecule has 0 atom stereocenters. The maximum Gasteiger partial charge on any atom is 0.264 e. The number of nitrogens with zero attached hydrogens (tertiary/aromatic N) is 2. The van der Waals surface area contributed by atoms with E-state index in [4.69, 9.17) is 9.26 Å². The van der Waals surface area contributed by atoms with Gasteiger partial charge in [0, 0.05) is 11.6 Å². The van der Waals surface area contributed by atoms with Crippen molar-refractivity contribution in [3.05, 3.63) is 65.6 Å². The lowest BCUT2D eigenvalue weighted by atomic mass is 10.1. The van der Waals surface area contributed by atoms with Gasteiger partial charge in [-0.15, -0.1) is 0 Å². The molecule has 2 aromatic carbocycles. The van der Waals surface area contributed by atoms with Gasteiger partial charge in [-0.25, -0.2) is 8.78 Å². The van der Waals surface area contributed by atoms with E-state index in [9.17, 15) is 8.78 Å². The molecule has 0 aliphatic carbocycles. The van der Waals surface area contributed by atoms with Gasteiger partial charge in [0.25, 0.3) is 5.89 Å². The number of halogens is 2. The molecule has 3 aromatic rings. The van der Waals surface area contributed by atoms with Crippen molar-refractivity contribution in [3.63, 3.8) is 0 Å². The van der Waals surface area contributed by atoms with Crippen LogP contribution in [0.25, 0.3) is 11.4 Å². The molecular weight excluding hydrogens is 290 g/mol. The van der Waals surface area contributed by atoms with Gasteiger partial charge in [0.15, 0.2) is 6.61 Å². The molecule has 22 heavy (non-hydrogen) atoms. The van der Waals surface area contributed by atoms with Gasteiger partial charge < -0.3 is 9.26 Å². The van der Waals surface area contributed by atoms with E-state index >= 15 is 0 Å². The first kappa shape index (κ1) is 14.2. The summed E-state index contributed by atoms with van der Waals surface area (Å²) in [6.45, 7) is 1.68. The van der Waals surface area contributed by atoms with E-state index in [0.717, 1.165) is 0 Å². The van der Waals surface area contributed by atoms with Crippen molar-refractivity contribution in [1.82, 2.24) is 10.1 Å². The van der Waals surface area contributed by atoms with Crippen molar-refractivity contribution in [2.45, 2.75) is 13.5 Å². The van der Waals surface area contributed by atoms with Crippen LogP contribution in [0.3, 0.4) is 0 Å². The lowest BCUT2D eigenvalue weighted by Crippen LogP contribution is -1.96. The summed E-state index contributed by atoms with van der Waals surface area (Å²) in [5, 5.41) is 3.78. The highest BCUT2D eigenvalue weighted by atomic mass is 19.1. The van der Waals surface area contributed by atoms with Crippen molar-refractivity contribution in [2.24, 2.45) is 0 Å². The average Bonchev–Trinajstić information content (AvgIpc) is 2.97. The van der Waals surface area contributed by atoms with Crippen molar-refractivity contribution in [2.75, 3.05) is 0 Å². The molecule has 0 amide bonds. The molecule has 0 fully saturated rings. The molecule has 0 unspecified atom stereocenters. The van der Waals surface area contributed by atoms with Crippen molar-refractivity contribution in [3.8, 4) is 17.1 Å². The van der Waals surface area contributed by atoms with Gasteiger partial charge in [0.1, 0.15) is 17.4 Å². The summed E-state index contributed by atoms with van der Waals surface area (Å²) < 4.78 is 36.9. The Kier molecular flexibility index (Phi) is 3.82. The van der Waals surface area contributed by atoms with Gasteiger partial charge in [-0.2, -0.15) is 4.98 Å². The fourth-order valence-corrected chi connectivity index (χ4v) is 1.86. The van der Waals surface area contributed by atoms with E-state index in [1.165, 1.54) is 18.2 Å². The fraction of sp³-hybridized carbons (Fsp3) is 0.125. The average molecular weight is 302 g/mol. The first-order valence-electron chi connectivity index (χ1n) is 6.59. The van der Waals surface area contributed by atoms with Crippen LogP contribution in [0.4, 0.5) is 8.78 Å². The summed E-state index contributed by atoms with van der Waals surface area (Å²) in [5.41, 5.74) is 1.06. The number of benzene rings is 2. The minimum absolute atomic E-state index is 0.00476. The Morgan fingerprint density at radius 3 is 2.77 bits per heavy atom. The van der Waals surface area contributed by atoms with Crippen LogP contribution in [0.2, 0.25) is 0 Å². The Balaban J connectivity index is 1.72. The highest BCUT2D eigenvalue weighted by Gasteiger charge is 2.11. The second kappa shape index (κ2) is 5.93. The van der Waals surface area contributed by atoms with E-state index in [2.05, 4.69) is 10.1 Å². The van der Waals surface area contributed by atoms with Crippen LogP contribution < -0.4 is 4.74 Å². The zero-order valence-corrected chi connectivity index (χ0v) is 11.7. The summed E-state index contributed by atoms with van der Waals surface area (Å²) in [4.78, 5) is 4.13. The lowest BCUT2D eigenvalue weighted by molar-refractivity contribution is 0.242. The predicted octanol–water partition coefficient (Wildman–Crippen LogP) is 3.90. The number of rotatable bonds is 4. The van der Waals surface area contributed by atoms with Crippen LogP contribution in [0, 0.1) is 18.6 Å². The number of ether oxygens (including phenoxy) is 1. The second-order valence-electron chi connectivity index (χ2n) is 4.72.